The van der Waals surface area contributed by atoms with Crippen molar-refractivity contribution in [3.63, 3.8) is 0 Å². The summed E-state index contributed by atoms with van der Waals surface area (Å²) in [6, 6.07) is 22.5. The van der Waals surface area contributed by atoms with Gasteiger partial charge >= 0.3 is 0 Å². The van der Waals surface area contributed by atoms with Crippen LogP contribution in [0.15, 0.2) is 99.6 Å². The van der Waals surface area contributed by atoms with E-state index in [1.54, 1.807) is 0 Å². The van der Waals surface area contributed by atoms with Crippen LogP contribution in [0, 0.1) is 0 Å². The van der Waals surface area contributed by atoms with Gasteiger partial charge in [0, 0.05) is 16.3 Å². The zero-order valence-electron chi connectivity index (χ0n) is 22.0. The number of thioether (sulfide) groups is 2. The van der Waals surface area contributed by atoms with Crippen molar-refractivity contribution in [1.29, 1.82) is 0 Å². The molecule has 0 amide bonds. The number of benzene rings is 3. The first kappa shape index (κ1) is 25.3. The average Bonchev–Trinajstić information content (AvgIpc) is 3.51. The normalized spacial score (nSPS) is 20.1. The standard InChI is InChI=1S/C33H21NO6S2/c35-32-30-28(37-10-12-39-30)25(41-32)16-18-6-8-23-21(14-18)27(20-4-2-1-3-5-20)22-15-19(7-9-24(22)34-23)17-26-29-31(33(36)42-26)40-13-11-38-29/h1-9,14-17H,10-13H2/b25-16-,26-17-. The second-order valence-electron chi connectivity index (χ2n) is 9.91. The van der Waals surface area contributed by atoms with Gasteiger partial charge in [0.2, 0.25) is 11.5 Å². The molecular formula is C33H21NO6S2. The Morgan fingerprint density at radius 2 is 1.07 bits per heavy atom. The number of carbonyl (C=O) groups excluding carboxylic acids is 2. The Balaban J connectivity index is 1.29. The highest BCUT2D eigenvalue weighted by atomic mass is 32.2. The minimum absolute atomic E-state index is 0.133. The van der Waals surface area contributed by atoms with Gasteiger partial charge in [0.05, 0.1) is 20.8 Å². The highest BCUT2D eigenvalue weighted by Gasteiger charge is 2.35. The monoisotopic (exact) mass is 591 g/mol. The van der Waals surface area contributed by atoms with Gasteiger partial charge in [-0.2, -0.15) is 0 Å². The molecule has 0 bridgehead atoms. The van der Waals surface area contributed by atoms with E-state index in [4.69, 9.17) is 23.9 Å². The van der Waals surface area contributed by atoms with Gasteiger partial charge in [-0.05, 0) is 76.6 Å². The minimum atomic E-state index is -0.133. The largest absolute Gasteiger partial charge is 0.485 e. The number of fused-ring (bicyclic) bond motifs is 2. The van der Waals surface area contributed by atoms with Crippen LogP contribution in [0.5, 0.6) is 0 Å². The van der Waals surface area contributed by atoms with Crippen molar-refractivity contribution in [3.8, 4) is 11.1 Å². The minimum Gasteiger partial charge on any atom is -0.485 e. The van der Waals surface area contributed by atoms with E-state index in [-0.39, 0.29) is 10.2 Å². The second-order valence-corrected chi connectivity index (χ2v) is 11.9. The molecule has 8 rings (SSSR count). The van der Waals surface area contributed by atoms with Crippen LogP contribution < -0.4 is 0 Å². The third-order valence-electron chi connectivity index (χ3n) is 7.27. The molecule has 9 heteroatoms. The van der Waals surface area contributed by atoms with E-state index in [0.717, 1.165) is 77.4 Å². The first-order chi connectivity index (χ1) is 20.6. The number of hydrogen-bond donors (Lipinski definition) is 0. The molecule has 0 spiro atoms. The van der Waals surface area contributed by atoms with Gasteiger partial charge < -0.3 is 18.9 Å². The van der Waals surface area contributed by atoms with Crippen LogP contribution in [-0.2, 0) is 28.5 Å². The number of ether oxygens (including phenoxy) is 4. The Bertz CT molecular complexity index is 1860. The molecule has 1 aromatic heterocycles. The summed E-state index contributed by atoms with van der Waals surface area (Å²) in [6.07, 6.45) is 3.93. The number of carbonyl (C=O) groups is 2. The van der Waals surface area contributed by atoms with Crippen molar-refractivity contribution < 1.29 is 28.5 Å². The van der Waals surface area contributed by atoms with Gasteiger partial charge in [-0.1, -0.05) is 42.5 Å². The summed E-state index contributed by atoms with van der Waals surface area (Å²) >= 11 is 2.25. The molecule has 0 fully saturated rings. The quantitative estimate of drug-likeness (QED) is 0.239. The van der Waals surface area contributed by atoms with Gasteiger partial charge in [0.25, 0.3) is 10.2 Å². The number of rotatable bonds is 3. The Hall–Kier alpha value is -4.47. The first-order valence-electron chi connectivity index (χ1n) is 13.4. The van der Waals surface area contributed by atoms with Crippen LogP contribution in [-0.4, -0.2) is 41.6 Å². The highest BCUT2D eigenvalue weighted by Crippen LogP contribution is 2.44. The molecule has 3 aromatic carbocycles. The van der Waals surface area contributed by atoms with Crippen LogP contribution in [0.2, 0.25) is 0 Å². The lowest BCUT2D eigenvalue weighted by atomic mass is 9.94. The third-order valence-corrected chi connectivity index (χ3v) is 9.06. The van der Waals surface area contributed by atoms with Crippen molar-refractivity contribution in [2.24, 2.45) is 0 Å². The molecule has 7 nitrogen and oxygen atoms in total. The number of hydrogen-bond acceptors (Lipinski definition) is 9. The van der Waals surface area contributed by atoms with Gasteiger partial charge in [-0.15, -0.1) is 0 Å². The van der Waals surface area contributed by atoms with Crippen molar-refractivity contribution >= 4 is 67.7 Å². The Labute approximate surface area is 248 Å². The molecule has 0 saturated heterocycles. The number of pyridine rings is 1. The topological polar surface area (TPSA) is 84.0 Å². The molecule has 206 valence electrons. The fourth-order valence-electron chi connectivity index (χ4n) is 5.46. The summed E-state index contributed by atoms with van der Waals surface area (Å²) in [4.78, 5) is 31.4. The molecule has 42 heavy (non-hydrogen) atoms. The average molecular weight is 592 g/mol. The molecule has 4 aliphatic rings. The molecule has 4 aromatic rings. The summed E-state index contributed by atoms with van der Waals surface area (Å²) in [5, 5.41) is 1.70. The number of nitrogens with zero attached hydrogens (tertiary/aromatic N) is 1. The maximum absolute atomic E-state index is 12.5. The maximum atomic E-state index is 12.5. The van der Waals surface area contributed by atoms with Crippen molar-refractivity contribution in [3.05, 3.63) is 111 Å². The Morgan fingerprint density at radius 1 is 0.595 bits per heavy atom. The maximum Gasteiger partial charge on any atom is 0.262 e. The van der Waals surface area contributed by atoms with Crippen LogP contribution >= 0.6 is 23.5 Å². The fourth-order valence-corrected chi connectivity index (χ4v) is 7.22. The van der Waals surface area contributed by atoms with E-state index in [0.29, 0.717) is 49.5 Å². The van der Waals surface area contributed by atoms with E-state index >= 15 is 0 Å². The first-order valence-corrected chi connectivity index (χ1v) is 15.1. The Morgan fingerprint density at radius 3 is 1.57 bits per heavy atom. The van der Waals surface area contributed by atoms with E-state index in [1.807, 2.05) is 54.6 Å². The molecule has 4 aliphatic heterocycles. The highest BCUT2D eigenvalue weighted by molar-refractivity contribution is 8.18. The van der Waals surface area contributed by atoms with Crippen LogP contribution in [0.4, 0.5) is 0 Å². The SMILES string of the molecule is O=C1S/C(=C\c2ccc3nc4ccc(/C=C5\SC(=O)C6=C5OCCO6)cc4c(-c4ccccc4)c3c2)C2=C1OCCO2. The molecule has 0 atom stereocenters. The molecule has 0 radical (unpaired) electrons. The van der Waals surface area contributed by atoms with Gasteiger partial charge in [-0.3, -0.25) is 9.59 Å². The predicted molar refractivity (Wildman–Crippen MR) is 164 cm³/mol. The predicted octanol–water partition coefficient (Wildman–Crippen LogP) is 6.80. The Kier molecular flexibility index (Phi) is 6.08. The molecule has 0 saturated carbocycles. The van der Waals surface area contributed by atoms with Gasteiger partial charge in [-0.25, -0.2) is 4.98 Å². The summed E-state index contributed by atoms with van der Waals surface area (Å²) < 4.78 is 22.7. The summed E-state index contributed by atoms with van der Waals surface area (Å²) in [6.45, 7) is 1.58. The van der Waals surface area contributed by atoms with Crippen molar-refractivity contribution in [2.45, 2.75) is 0 Å². The van der Waals surface area contributed by atoms with E-state index < -0.39 is 0 Å². The lowest BCUT2D eigenvalue weighted by Gasteiger charge is -2.16. The summed E-state index contributed by atoms with van der Waals surface area (Å²) in [5.74, 6) is 1.63. The molecule has 5 heterocycles. The second kappa shape index (κ2) is 10.1. The molecule has 0 N–H and O–H groups in total. The van der Waals surface area contributed by atoms with Crippen LogP contribution in [0.3, 0.4) is 0 Å². The summed E-state index contributed by atoms with van der Waals surface area (Å²) in [7, 11) is 0. The number of aromatic nitrogens is 1. The van der Waals surface area contributed by atoms with E-state index in [1.165, 1.54) is 0 Å². The van der Waals surface area contributed by atoms with Crippen molar-refractivity contribution in [1.82, 2.24) is 4.98 Å². The van der Waals surface area contributed by atoms with E-state index in [9.17, 15) is 9.59 Å². The van der Waals surface area contributed by atoms with Crippen LogP contribution in [0.1, 0.15) is 11.1 Å². The molecule has 0 unspecified atom stereocenters. The van der Waals surface area contributed by atoms with Gasteiger partial charge in [0.15, 0.2) is 11.5 Å². The molecule has 0 aliphatic carbocycles. The lowest BCUT2D eigenvalue weighted by Crippen LogP contribution is -2.13. The molecular weight excluding hydrogens is 570 g/mol. The van der Waals surface area contributed by atoms with Crippen molar-refractivity contribution in [2.75, 3.05) is 26.4 Å². The zero-order chi connectivity index (χ0) is 28.2. The van der Waals surface area contributed by atoms with Gasteiger partial charge in [0.1, 0.15) is 26.4 Å². The fraction of sp³-hybridized carbons (Fsp3) is 0.121. The summed E-state index contributed by atoms with van der Waals surface area (Å²) in [5.41, 5.74) is 5.68. The van der Waals surface area contributed by atoms with E-state index in [2.05, 4.69) is 24.3 Å². The smallest absolute Gasteiger partial charge is 0.262 e. The third kappa shape index (κ3) is 4.28. The zero-order valence-corrected chi connectivity index (χ0v) is 23.7. The lowest BCUT2D eigenvalue weighted by molar-refractivity contribution is -0.112. The van der Waals surface area contributed by atoms with Crippen LogP contribution in [0.25, 0.3) is 45.1 Å².